The van der Waals surface area contributed by atoms with E-state index in [4.69, 9.17) is 0 Å². The van der Waals surface area contributed by atoms with Crippen LogP contribution in [-0.2, 0) is 14.8 Å². The molecule has 1 amide bonds. The average molecular weight is 486 g/mol. The van der Waals surface area contributed by atoms with Crippen LogP contribution in [0.2, 0.25) is 0 Å². The van der Waals surface area contributed by atoms with Gasteiger partial charge in [-0.3, -0.25) is 9.69 Å². The molecule has 2 heterocycles. The summed E-state index contributed by atoms with van der Waals surface area (Å²) >= 11 is 2.72. The summed E-state index contributed by atoms with van der Waals surface area (Å²) in [4.78, 5) is 19.1. The number of nitrogens with zero attached hydrogens (tertiary/aromatic N) is 3. The summed E-state index contributed by atoms with van der Waals surface area (Å²) < 4.78 is 30.2. The van der Waals surface area contributed by atoms with Crippen molar-refractivity contribution in [1.82, 2.24) is 4.90 Å². The summed E-state index contributed by atoms with van der Waals surface area (Å²) in [7, 11) is -1.98. The van der Waals surface area contributed by atoms with Gasteiger partial charge >= 0.3 is 0 Å². The zero-order valence-electron chi connectivity index (χ0n) is 17.6. The minimum Gasteiger partial charge on any atom is -0.337 e. The number of amidine groups is 1. The third kappa shape index (κ3) is 3.86. The molecule has 0 bridgehead atoms. The Kier molecular flexibility index (Phi) is 5.81. The largest absolute Gasteiger partial charge is 0.337 e. The predicted octanol–water partition coefficient (Wildman–Crippen LogP) is 5.05. The molecule has 0 atom stereocenters. The molecule has 3 aliphatic rings. The molecule has 32 heavy (non-hydrogen) atoms. The van der Waals surface area contributed by atoms with Crippen molar-refractivity contribution >= 4 is 50.3 Å². The summed E-state index contributed by atoms with van der Waals surface area (Å²) in [5.74, 6) is -0.147. The number of rotatable bonds is 3. The number of amides is 1. The fourth-order valence-corrected chi connectivity index (χ4v) is 7.88. The number of hydrogen-bond donors (Lipinski definition) is 0. The van der Waals surface area contributed by atoms with Crippen molar-refractivity contribution in [3.05, 3.63) is 64.5 Å². The van der Waals surface area contributed by atoms with Gasteiger partial charge < -0.3 is 4.90 Å². The van der Waals surface area contributed by atoms with E-state index in [1.54, 1.807) is 34.9 Å². The first kappa shape index (κ1) is 21.6. The fraction of sp³-hybridized carbons (Fsp3) is 0.304. The second-order valence-corrected chi connectivity index (χ2v) is 11.6. The van der Waals surface area contributed by atoms with Crippen LogP contribution >= 0.6 is 23.5 Å². The van der Waals surface area contributed by atoms with Gasteiger partial charge in [-0.15, -0.1) is 4.40 Å². The Labute approximate surface area is 196 Å². The first-order valence-electron chi connectivity index (χ1n) is 10.6. The van der Waals surface area contributed by atoms with Crippen molar-refractivity contribution in [1.29, 1.82) is 0 Å². The molecular weight excluding hydrogens is 462 g/mol. The lowest BCUT2D eigenvalue weighted by Gasteiger charge is -2.30. The van der Waals surface area contributed by atoms with E-state index in [-0.39, 0.29) is 22.0 Å². The van der Waals surface area contributed by atoms with Crippen LogP contribution < -0.4 is 4.90 Å². The van der Waals surface area contributed by atoms with Crippen LogP contribution in [0.1, 0.15) is 32.1 Å². The first-order chi connectivity index (χ1) is 15.5. The van der Waals surface area contributed by atoms with Crippen LogP contribution in [0.4, 0.5) is 5.69 Å². The maximum absolute atomic E-state index is 13.7. The van der Waals surface area contributed by atoms with Crippen LogP contribution in [0.25, 0.3) is 0 Å². The third-order valence-corrected chi connectivity index (χ3v) is 9.73. The summed E-state index contributed by atoms with van der Waals surface area (Å²) in [6.07, 6.45) is 4.93. The van der Waals surface area contributed by atoms with Crippen LogP contribution in [0.5, 0.6) is 0 Å². The van der Waals surface area contributed by atoms with Crippen molar-refractivity contribution < 1.29 is 13.2 Å². The highest BCUT2D eigenvalue weighted by Gasteiger charge is 2.43. The van der Waals surface area contributed by atoms with Crippen molar-refractivity contribution in [2.45, 2.75) is 47.9 Å². The molecule has 1 saturated carbocycles. The van der Waals surface area contributed by atoms with Crippen molar-refractivity contribution in [2.75, 3.05) is 11.9 Å². The Bertz CT molecular complexity index is 1220. The molecule has 5 rings (SSSR count). The second-order valence-electron chi connectivity index (χ2n) is 7.99. The lowest BCUT2D eigenvalue weighted by atomic mass is 9.94. The molecular formula is C23H23N3O3S3. The minimum absolute atomic E-state index is 0.0225. The Morgan fingerprint density at radius 3 is 2.34 bits per heavy atom. The van der Waals surface area contributed by atoms with E-state index in [2.05, 4.69) is 4.40 Å². The van der Waals surface area contributed by atoms with Crippen molar-refractivity contribution in [3.63, 3.8) is 0 Å². The quantitative estimate of drug-likeness (QED) is 0.567. The fourth-order valence-electron chi connectivity index (χ4n) is 4.29. The molecule has 0 N–H and O–H groups in total. The van der Waals surface area contributed by atoms with E-state index >= 15 is 0 Å². The van der Waals surface area contributed by atoms with Gasteiger partial charge in [0.25, 0.3) is 15.9 Å². The van der Waals surface area contributed by atoms with Gasteiger partial charge in [0.1, 0.15) is 4.91 Å². The SMILES string of the molecule is CN1C(=C2SC(=NS(=O)(=O)c3ccccc3)N(C3CCCCC3)C2=O)Sc2ccccc21. The number of benzene rings is 2. The van der Waals surface area contributed by atoms with Crippen molar-refractivity contribution in [3.8, 4) is 0 Å². The monoisotopic (exact) mass is 485 g/mol. The van der Waals surface area contributed by atoms with Gasteiger partial charge in [-0.2, -0.15) is 8.42 Å². The van der Waals surface area contributed by atoms with Crippen LogP contribution in [-0.4, -0.2) is 37.5 Å². The molecule has 6 nitrogen and oxygen atoms in total. The highest BCUT2D eigenvalue weighted by Crippen LogP contribution is 2.50. The molecule has 9 heteroatoms. The Balaban J connectivity index is 1.58. The standard InChI is InChI=1S/C23H23N3O3S3/c1-25-18-14-8-9-15-19(18)30-22(25)20-21(27)26(16-10-4-2-5-11-16)23(31-20)24-32(28,29)17-12-6-3-7-13-17/h3,6-9,12-16H,2,4-5,10-11H2,1H3. The van der Waals surface area contributed by atoms with Gasteiger partial charge in [-0.05, 0) is 48.9 Å². The molecule has 2 fully saturated rings. The number of sulfonamides is 1. The lowest BCUT2D eigenvalue weighted by Crippen LogP contribution is -2.41. The van der Waals surface area contributed by atoms with Crippen LogP contribution in [0.3, 0.4) is 0 Å². The minimum atomic E-state index is -3.92. The van der Waals surface area contributed by atoms with E-state index in [1.165, 1.54) is 23.9 Å². The van der Waals surface area contributed by atoms with E-state index in [1.807, 2.05) is 36.2 Å². The summed E-state index contributed by atoms with van der Waals surface area (Å²) in [6.45, 7) is 0. The average Bonchev–Trinajstić information content (AvgIpc) is 3.31. The van der Waals surface area contributed by atoms with Crippen LogP contribution in [0, 0.1) is 0 Å². The molecule has 2 aliphatic heterocycles. The summed E-state index contributed by atoms with van der Waals surface area (Å²) in [5.41, 5.74) is 1.04. The summed E-state index contributed by atoms with van der Waals surface area (Å²) in [6, 6.07) is 16.2. The number of thioether (sulfide) groups is 2. The highest BCUT2D eigenvalue weighted by atomic mass is 32.2. The zero-order valence-corrected chi connectivity index (χ0v) is 20.0. The Morgan fingerprint density at radius 2 is 1.62 bits per heavy atom. The number of carbonyl (C=O) groups is 1. The van der Waals surface area contributed by atoms with Gasteiger partial charge in [-0.1, -0.05) is 61.4 Å². The number of para-hydroxylation sites is 1. The smallest absolute Gasteiger partial charge is 0.284 e. The number of anilines is 1. The number of hydrogen-bond acceptors (Lipinski definition) is 6. The molecule has 1 saturated heterocycles. The van der Waals surface area contributed by atoms with Gasteiger partial charge in [0.2, 0.25) is 0 Å². The molecule has 0 spiro atoms. The predicted molar refractivity (Wildman–Crippen MR) is 130 cm³/mol. The third-order valence-electron chi connectivity index (χ3n) is 5.92. The number of fused-ring (bicyclic) bond motifs is 1. The van der Waals surface area contributed by atoms with Gasteiger partial charge in [0, 0.05) is 18.0 Å². The van der Waals surface area contributed by atoms with Gasteiger partial charge in [0.15, 0.2) is 5.17 Å². The zero-order chi connectivity index (χ0) is 22.3. The lowest BCUT2D eigenvalue weighted by molar-refractivity contribution is -0.124. The molecule has 2 aromatic rings. The Hall–Kier alpha value is -2.23. The number of carbonyl (C=O) groups excluding carboxylic acids is 1. The molecule has 1 aliphatic carbocycles. The highest BCUT2D eigenvalue weighted by molar-refractivity contribution is 8.19. The van der Waals surface area contributed by atoms with Gasteiger partial charge in [0.05, 0.1) is 15.6 Å². The molecule has 0 radical (unpaired) electrons. The molecule has 166 valence electrons. The van der Waals surface area contributed by atoms with E-state index in [9.17, 15) is 13.2 Å². The summed E-state index contributed by atoms with van der Waals surface area (Å²) in [5, 5.41) is 1.09. The molecule has 0 aromatic heterocycles. The van der Waals surface area contributed by atoms with E-state index in [0.29, 0.717) is 4.91 Å². The maximum Gasteiger partial charge on any atom is 0.284 e. The van der Waals surface area contributed by atoms with E-state index < -0.39 is 10.0 Å². The topological polar surface area (TPSA) is 70.1 Å². The molecule has 2 aromatic carbocycles. The Morgan fingerprint density at radius 1 is 0.938 bits per heavy atom. The second kappa shape index (κ2) is 8.61. The normalized spacial score (nSPS) is 23.3. The van der Waals surface area contributed by atoms with Gasteiger partial charge in [-0.25, -0.2) is 0 Å². The van der Waals surface area contributed by atoms with Crippen molar-refractivity contribution in [2.24, 2.45) is 4.40 Å². The maximum atomic E-state index is 13.7. The molecule has 0 unspecified atom stereocenters. The van der Waals surface area contributed by atoms with E-state index in [0.717, 1.165) is 47.7 Å². The van der Waals surface area contributed by atoms with Crippen LogP contribution in [0.15, 0.2) is 78.7 Å². The first-order valence-corrected chi connectivity index (χ1v) is 13.7.